The molecule has 0 fully saturated rings. The fourth-order valence-corrected chi connectivity index (χ4v) is 1.50. The minimum atomic E-state index is -0.724. The Labute approximate surface area is 111 Å². The lowest BCUT2D eigenvalue weighted by Gasteiger charge is -2.12. The van der Waals surface area contributed by atoms with Gasteiger partial charge in [-0.15, -0.1) is 0 Å². The quantitative estimate of drug-likeness (QED) is 0.789. The van der Waals surface area contributed by atoms with E-state index in [9.17, 15) is 14.0 Å². The van der Waals surface area contributed by atoms with E-state index >= 15 is 0 Å². The predicted octanol–water partition coefficient (Wildman–Crippen LogP) is 1.23. The molecular weight excluding hydrogens is 251 g/mol. The first-order chi connectivity index (χ1) is 9.04. The van der Waals surface area contributed by atoms with Crippen molar-refractivity contribution in [2.24, 2.45) is 0 Å². The number of hydrogen-bond acceptors (Lipinski definition) is 3. The molecule has 6 heteroatoms. The van der Waals surface area contributed by atoms with Gasteiger partial charge < -0.3 is 15.4 Å². The second-order valence-corrected chi connectivity index (χ2v) is 3.99. The molecule has 0 heterocycles. The summed E-state index contributed by atoms with van der Waals surface area (Å²) in [4.78, 5) is 22.5. The van der Waals surface area contributed by atoms with E-state index in [2.05, 4.69) is 15.4 Å². The summed E-state index contributed by atoms with van der Waals surface area (Å²) < 4.78 is 17.8. The van der Waals surface area contributed by atoms with E-state index in [1.807, 2.05) is 0 Å². The zero-order valence-electron chi connectivity index (χ0n) is 10.9. The molecule has 0 bridgehead atoms. The molecule has 0 aromatic heterocycles. The van der Waals surface area contributed by atoms with Crippen LogP contribution in [0.4, 0.5) is 9.18 Å². The Morgan fingerprint density at radius 3 is 2.68 bits per heavy atom. The predicted molar refractivity (Wildman–Crippen MR) is 68.1 cm³/mol. The maximum absolute atomic E-state index is 13.3. The molecule has 0 spiro atoms. The molecular formula is C13H17FN2O3. The van der Waals surface area contributed by atoms with Crippen LogP contribution in [0.1, 0.15) is 12.5 Å². The van der Waals surface area contributed by atoms with Gasteiger partial charge in [0.1, 0.15) is 11.9 Å². The van der Waals surface area contributed by atoms with E-state index in [1.165, 1.54) is 20.1 Å². The molecule has 1 rings (SSSR count). The van der Waals surface area contributed by atoms with Gasteiger partial charge in [-0.25, -0.2) is 14.0 Å². The number of carbonyl (C=O) groups is 2. The second-order valence-electron chi connectivity index (χ2n) is 3.99. The summed E-state index contributed by atoms with van der Waals surface area (Å²) in [5, 5.41) is 4.96. The first kappa shape index (κ1) is 14.9. The fourth-order valence-electron chi connectivity index (χ4n) is 1.50. The summed E-state index contributed by atoms with van der Waals surface area (Å²) in [7, 11) is 1.25. The molecule has 1 aromatic carbocycles. The van der Waals surface area contributed by atoms with E-state index in [4.69, 9.17) is 0 Å². The van der Waals surface area contributed by atoms with Gasteiger partial charge in [0.15, 0.2) is 0 Å². The third kappa shape index (κ3) is 4.95. The third-order valence-electron chi connectivity index (χ3n) is 2.54. The van der Waals surface area contributed by atoms with Gasteiger partial charge in [0.25, 0.3) is 0 Å². The molecule has 0 aliphatic carbocycles. The van der Waals surface area contributed by atoms with Gasteiger partial charge in [-0.2, -0.15) is 0 Å². The Morgan fingerprint density at radius 1 is 1.37 bits per heavy atom. The number of halogens is 1. The Bertz CT molecular complexity index is 451. The standard InChI is InChI=1S/C13H17FN2O3/c1-9(12(17)19-2)16-13(18)15-8-7-10-5-3-4-6-11(10)14/h3-6,9H,7-8H2,1-2H3,(H2,15,16,18). The van der Waals surface area contributed by atoms with Crippen molar-refractivity contribution in [3.8, 4) is 0 Å². The van der Waals surface area contributed by atoms with E-state index in [0.717, 1.165) is 0 Å². The van der Waals surface area contributed by atoms with Gasteiger partial charge in [0.05, 0.1) is 7.11 Å². The van der Waals surface area contributed by atoms with Crippen molar-refractivity contribution in [3.63, 3.8) is 0 Å². The molecule has 0 saturated carbocycles. The third-order valence-corrected chi connectivity index (χ3v) is 2.54. The van der Waals surface area contributed by atoms with Crippen LogP contribution in [-0.4, -0.2) is 31.7 Å². The lowest BCUT2D eigenvalue weighted by Crippen LogP contribution is -2.45. The fraction of sp³-hybridized carbons (Fsp3) is 0.385. The smallest absolute Gasteiger partial charge is 0.328 e. The summed E-state index contributed by atoms with van der Waals surface area (Å²) in [6.07, 6.45) is 0.382. The van der Waals surface area contributed by atoms with E-state index in [-0.39, 0.29) is 12.4 Å². The van der Waals surface area contributed by atoms with Gasteiger partial charge in [-0.05, 0) is 25.0 Å². The van der Waals surface area contributed by atoms with Crippen molar-refractivity contribution in [3.05, 3.63) is 35.6 Å². The normalized spacial score (nSPS) is 11.5. The topological polar surface area (TPSA) is 67.4 Å². The molecule has 2 amide bonds. The van der Waals surface area contributed by atoms with Crippen LogP contribution in [-0.2, 0) is 16.0 Å². The molecule has 1 unspecified atom stereocenters. The average Bonchev–Trinajstić information content (AvgIpc) is 2.40. The first-order valence-corrected chi connectivity index (χ1v) is 5.90. The SMILES string of the molecule is COC(=O)C(C)NC(=O)NCCc1ccccc1F. The van der Waals surface area contributed by atoms with Crippen LogP contribution in [0.3, 0.4) is 0 Å². The minimum Gasteiger partial charge on any atom is -0.467 e. The molecule has 0 saturated heterocycles. The number of methoxy groups -OCH3 is 1. The number of nitrogens with one attached hydrogen (secondary N) is 2. The van der Waals surface area contributed by atoms with Crippen LogP contribution >= 0.6 is 0 Å². The maximum Gasteiger partial charge on any atom is 0.328 e. The van der Waals surface area contributed by atoms with Crippen molar-refractivity contribution in [2.45, 2.75) is 19.4 Å². The molecule has 19 heavy (non-hydrogen) atoms. The Balaban J connectivity index is 2.32. The minimum absolute atomic E-state index is 0.278. The van der Waals surface area contributed by atoms with Gasteiger partial charge in [-0.3, -0.25) is 0 Å². The van der Waals surface area contributed by atoms with Crippen LogP contribution in [0.25, 0.3) is 0 Å². The summed E-state index contributed by atoms with van der Waals surface area (Å²) in [5.74, 6) is -0.822. The van der Waals surface area contributed by atoms with E-state index in [0.29, 0.717) is 12.0 Å². The molecule has 1 atom stereocenters. The number of ether oxygens (including phenoxy) is 1. The molecule has 5 nitrogen and oxygen atoms in total. The molecule has 1 aromatic rings. The molecule has 0 radical (unpaired) electrons. The lowest BCUT2D eigenvalue weighted by molar-refractivity contribution is -0.142. The molecule has 0 aliphatic rings. The van der Waals surface area contributed by atoms with Gasteiger partial charge in [-0.1, -0.05) is 18.2 Å². The summed E-state index contributed by atoms with van der Waals surface area (Å²) in [6.45, 7) is 1.79. The Morgan fingerprint density at radius 2 is 2.05 bits per heavy atom. The van der Waals surface area contributed by atoms with Gasteiger partial charge in [0.2, 0.25) is 0 Å². The molecule has 0 aliphatic heterocycles. The van der Waals surface area contributed by atoms with Crippen LogP contribution in [0.2, 0.25) is 0 Å². The van der Waals surface area contributed by atoms with Crippen LogP contribution < -0.4 is 10.6 Å². The van der Waals surface area contributed by atoms with Crippen LogP contribution in [0, 0.1) is 5.82 Å². The number of urea groups is 1. The number of carbonyl (C=O) groups excluding carboxylic acids is 2. The van der Waals surface area contributed by atoms with Crippen LogP contribution in [0.5, 0.6) is 0 Å². The van der Waals surface area contributed by atoms with Crippen molar-refractivity contribution in [1.29, 1.82) is 0 Å². The molecule has 104 valence electrons. The summed E-state index contributed by atoms with van der Waals surface area (Å²) in [6, 6.07) is 5.16. The number of benzene rings is 1. The number of hydrogen-bond donors (Lipinski definition) is 2. The second kappa shape index (κ2) is 7.35. The number of esters is 1. The largest absolute Gasteiger partial charge is 0.467 e. The number of rotatable bonds is 5. The van der Waals surface area contributed by atoms with Crippen LogP contribution in [0.15, 0.2) is 24.3 Å². The zero-order valence-corrected chi connectivity index (χ0v) is 10.9. The first-order valence-electron chi connectivity index (χ1n) is 5.90. The van der Waals surface area contributed by atoms with Crippen molar-refractivity contribution in [2.75, 3.05) is 13.7 Å². The van der Waals surface area contributed by atoms with E-state index in [1.54, 1.807) is 18.2 Å². The zero-order chi connectivity index (χ0) is 14.3. The van der Waals surface area contributed by atoms with Crippen molar-refractivity contribution in [1.82, 2.24) is 10.6 Å². The Hall–Kier alpha value is -2.11. The van der Waals surface area contributed by atoms with Gasteiger partial charge in [0, 0.05) is 6.54 Å². The van der Waals surface area contributed by atoms with Crippen molar-refractivity contribution >= 4 is 12.0 Å². The highest BCUT2D eigenvalue weighted by Crippen LogP contribution is 2.05. The lowest BCUT2D eigenvalue weighted by atomic mass is 10.1. The average molecular weight is 268 g/mol. The monoisotopic (exact) mass is 268 g/mol. The molecule has 2 N–H and O–H groups in total. The number of amides is 2. The Kier molecular flexibility index (Phi) is 5.78. The van der Waals surface area contributed by atoms with Gasteiger partial charge >= 0.3 is 12.0 Å². The van der Waals surface area contributed by atoms with E-state index < -0.39 is 18.0 Å². The highest BCUT2D eigenvalue weighted by atomic mass is 19.1. The summed E-state index contributed by atoms with van der Waals surface area (Å²) >= 11 is 0. The maximum atomic E-state index is 13.3. The van der Waals surface area contributed by atoms with Crippen molar-refractivity contribution < 1.29 is 18.7 Å². The summed E-state index contributed by atoms with van der Waals surface area (Å²) in [5.41, 5.74) is 0.531. The highest BCUT2D eigenvalue weighted by Gasteiger charge is 2.15. The highest BCUT2D eigenvalue weighted by molar-refractivity contribution is 5.83.